The highest BCUT2D eigenvalue weighted by molar-refractivity contribution is 5.90. The minimum atomic E-state index is -1.51. The number of amides is 1. The average molecular weight is 217 g/mol. The van der Waals surface area contributed by atoms with Crippen LogP contribution in [0.2, 0.25) is 0 Å². The Balaban J connectivity index is 2.62. The molecule has 0 aromatic rings. The summed E-state index contributed by atoms with van der Waals surface area (Å²) in [5.41, 5.74) is 0. The molecule has 0 spiro atoms. The van der Waals surface area contributed by atoms with Crippen LogP contribution < -0.4 is 0 Å². The van der Waals surface area contributed by atoms with E-state index in [-0.39, 0.29) is 6.42 Å². The van der Waals surface area contributed by atoms with Gasteiger partial charge in [-0.1, -0.05) is 13.3 Å². The van der Waals surface area contributed by atoms with Gasteiger partial charge in [-0.15, -0.1) is 0 Å². The van der Waals surface area contributed by atoms with Crippen molar-refractivity contribution in [2.45, 2.75) is 44.8 Å². The van der Waals surface area contributed by atoms with E-state index < -0.39 is 24.1 Å². The van der Waals surface area contributed by atoms with E-state index in [2.05, 4.69) is 0 Å². The molecule has 15 heavy (non-hydrogen) atoms. The number of carboxylic acid groups (broad SMARTS) is 1. The van der Waals surface area contributed by atoms with E-state index >= 15 is 0 Å². The van der Waals surface area contributed by atoms with Crippen molar-refractivity contribution in [3.8, 4) is 0 Å². The van der Waals surface area contributed by atoms with Crippen LogP contribution in [0.15, 0.2) is 0 Å². The second kappa shape index (κ2) is 5.09. The van der Waals surface area contributed by atoms with Crippen LogP contribution in [0, 0.1) is 0 Å². The maximum Gasteiger partial charge on any atom is 0.407 e. The molecule has 1 amide bonds. The van der Waals surface area contributed by atoms with E-state index in [1.54, 1.807) is 6.92 Å². The summed E-state index contributed by atoms with van der Waals surface area (Å²) < 4.78 is 13.3. The van der Waals surface area contributed by atoms with Gasteiger partial charge in [-0.2, -0.15) is 0 Å². The number of ketones is 1. The molecule has 4 nitrogen and oxygen atoms in total. The number of Topliss-reactive ketones (excluding diaryl/α,β-unsaturated/α-hetero) is 1. The fourth-order valence-corrected chi connectivity index (χ4v) is 1.90. The summed E-state index contributed by atoms with van der Waals surface area (Å²) in [4.78, 5) is 23.4. The standard InChI is InChI=1S/C10H16FNO3/c1-2-4-7(11)9(13)8-5-3-6-12(8)10(14)15/h7-8H,2-6H2,1H3,(H,14,15)/t7?,8-/m1/s1. The van der Waals surface area contributed by atoms with Crippen molar-refractivity contribution in [2.75, 3.05) is 6.54 Å². The molecule has 0 saturated carbocycles. The second-order valence-electron chi connectivity index (χ2n) is 3.79. The number of halogens is 1. The first-order valence-corrected chi connectivity index (χ1v) is 5.25. The molecule has 1 aliphatic rings. The minimum absolute atomic E-state index is 0.183. The molecule has 0 radical (unpaired) electrons. The Morgan fingerprint density at radius 2 is 2.27 bits per heavy atom. The Kier molecular flexibility index (Phi) is 4.05. The lowest BCUT2D eigenvalue weighted by molar-refractivity contribution is -0.128. The van der Waals surface area contributed by atoms with Crippen molar-refractivity contribution in [3.05, 3.63) is 0 Å². The van der Waals surface area contributed by atoms with Crippen LogP contribution in [0.3, 0.4) is 0 Å². The monoisotopic (exact) mass is 217 g/mol. The fraction of sp³-hybridized carbons (Fsp3) is 0.800. The molecule has 0 aliphatic carbocycles. The Morgan fingerprint density at radius 3 is 2.80 bits per heavy atom. The van der Waals surface area contributed by atoms with E-state index in [9.17, 15) is 14.0 Å². The SMILES string of the molecule is CCCC(F)C(=O)[C@H]1CCCN1C(=O)O. The first-order chi connectivity index (χ1) is 7.07. The van der Waals surface area contributed by atoms with Crippen LogP contribution in [0.25, 0.3) is 0 Å². The average Bonchev–Trinajstić information content (AvgIpc) is 2.65. The molecule has 1 heterocycles. The van der Waals surface area contributed by atoms with Crippen LogP contribution in [0.5, 0.6) is 0 Å². The molecule has 1 rings (SSSR count). The predicted octanol–water partition coefficient (Wildman–Crippen LogP) is 1.84. The lowest BCUT2D eigenvalue weighted by atomic mass is 10.0. The molecule has 0 aromatic carbocycles. The van der Waals surface area contributed by atoms with Gasteiger partial charge in [-0.3, -0.25) is 9.69 Å². The van der Waals surface area contributed by atoms with Crippen molar-refractivity contribution < 1.29 is 19.1 Å². The molecule has 86 valence electrons. The molecule has 1 unspecified atom stereocenters. The number of carbonyl (C=O) groups is 2. The molecule has 2 atom stereocenters. The number of hydrogen-bond acceptors (Lipinski definition) is 2. The number of rotatable bonds is 4. The maximum atomic E-state index is 13.3. The molecule has 0 aromatic heterocycles. The van der Waals surface area contributed by atoms with Gasteiger partial charge in [-0.25, -0.2) is 9.18 Å². The quantitative estimate of drug-likeness (QED) is 0.781. The minimum Gasteiger partial charge on any atom is -0.465 e. The number of likely N-dealkylation sites (tertiary alicyclic amines) is 1. The third-order valence-corrected chi connectivity index (χ3v) is 2.68. The third-order valence-electron chi connectivity index (χ3n) is 2.68. The van der Waals surface area contributed by atoms with Crippen molar-refractivity contribution >= 4 is 11.9 Å². The van der Waals surface area contributed by atoms with Crippen molar-refractivity contribution in [3.63, 3.8) is 0 Å². The zero-order valence-corrected chi connectivity index (χ0v) is 8.78. The van der Waals surface area contributed by atoms with Crippen LogP contribution in [0.1, 0.15) is 32.6 Å². The predicted molar refractivity (Wildman–Crippen MR) is 52.6 cm³/mol. The normalized spacial score (nSPS) is 22.8. The van der Waals surface area contributed by atoms with Crippen LogP contribution in [-0.2, 0) is 4.79 Å². The van der Waals surface area contributed by atoms with E-state index in [0.717, 1.165) is 4.90 Å². The summed E-state index contributed by atoms with van der Waals surface area (Å²) in [5, 5.41) is 8.80. The topological polar surface area (TPSA) is 57.6 Å². The Bertz CT molecular complexity index is 257. The van der Waals surface area contributed by atoms with Crippen molar-refractivity contribution in [2.24, 2.45) is 0 Å². The highest BCUT2D eigenvalue weighted by Gasteiger charge is 2.37. The first-order valence-electron chi connectivity index (χ1n) is 5.25. The summed E-state index contributed by atoms with van der Waals surface area (Å²) in [7, 11) is 0. The summed E-state index contributed by atoms with van der Waals surface area (Å²) in [6.07, 6.45) is -0.777. The van der Waals surface area contributed by atoms with E-state index in [4.69, 9.17) is 5.11 Å². The fourth-order valence-electron chi connectivity index (χ4n) is 1.90. The lowest BCUT2D eigenvalue weighted by Crippen LogP contribution is -2.43. The summed E-state index contributed by atoms with van der Waals surface area (Å²) >= 11 is 0. The van der Waals surface area contributed by atoms with Gasteiger partial charge in [0.25, 0.3) is 0 Å². The highest BCUT2D eigenvalue weighted by atomic mass is 19.1. The molecule has 1 aliphatic heterocycles. The van der Waals surface area contributed by atoms with Gasteiger partial charge in [0.15, 0.2) is 12.0 Å². The molecule has 1 fully saturated rings. The smallest absolute Gasteiger partial charge is 0.407 e. The van der Waals surface area contributed by atoms with Crippen LogP contribution in [-0.4, -0.2) is 40.6 Å². The first kappa shape index (κ1) is 11.9. The van der Waals surface area contributed by atoms with Gasteiger partial charge in [0.2, 0.25) is 0 Å². The van der Waals surface area contributed by atoms with Crippen molar-refractivity contribution in [1.82, 2.24) is 4.90 Å². The van der Waals surface area contributed by atoms with Gasteiger partial charge in [0.05, 0.1) is 6.04 Å². The Morgan fingerprint density at radius 1 is 1.60 bits per heavy atom. The number of alkyl halides is 1. The summed E-state index contributed by atoms with van der Waals surface area (Å²) in [5.74, 6) is -0.572. The van der Waals surface area contributed by atoms with Gasteiger partial charge in [-0.05, 0) is 19.3 Å². The van der Waals surface area contributed by atoms with Gasteiger partial charge in [0, 0.05) is 6.54 Å². The van der Waals surface area contributed by atoms with Gasteiger partial charge >= 0.3 is 6.09 Å². The molecular formula is C10H16FNO3. The molecular weight excluding hydrogens is 201 g/mol. The number of nitrogens with zero attached hydrogens (tertiary/aromatic N) is 1. The second-order valence-corrected chi connectivity index (χ2v) is 3.79. The van der Waals surface area contributed by atoms with Crippen LogP contribution >= 0.6 is 0 Å². The molecule has 0 bridgehead atoms. The van der Waals surface area contributed by atoms with E-state index in [1.165, 1.54) is 0 Å². The summed E-state index contributed by atoms with van der Waals surface area (Å²) in [6.45, 7) is 2.13. The van der Waals surface area contributed by atoms with E-state index in [1.807, 2.05) is 0 Å². The Hall–Kier alpha value is -1.13. The third kappa shape index (κ3) is 2.67. The summed E-state index contributed by atoms with van der Waals surface area (Å²) in [6, 6.07) is -0.760. The van der Waals surface area contributed by atoms with Crippen molar-refractivity contribution in [1.29, 1.82) is 0 Å². The molecule has 1 N–H and O–H groups in total. The zero-order chi connectivity index (χ0) is 11.4. The van der Waals surface area contributed by atoms with Crippen LogP contribution in [0.4, 0.5) is 9.18 Å². The lowest BCUT2D eigenvalue weighted by Gasteiger charge is -2.21. The highest BCUT2D eigenvalue weighted by Crippen LogP contribution is 2.21. The largest absolute Gasteiger partial charge is 0.465 e. The van der Waals surface area contributed by atoms with Gasteiger partial charge in [0.1, 0.15) is 0 Å². The number of carbonyl (C=O) groups excluding carboxylic acids is 1. The Labute approximate surface area is 88.1 Å². The molecule has 5 heteroatoms. The molecule has 1 saturated heterocycles. The van der Waals surface area contributed by atoms with E-state index in [0.29, 0.717) is 25.8 Å². The van der Waals surface area contributed by atoms with Gasteiger partial charge < -0.3 is 5.11 Å². The maximum absolute atomic E-state index is 13.3. The zero-order valence-electron chi connectivity index (χ0n) is 8.78. The number of hydrogen-bond donors (Lipinski definition) is 1.